The van der Waals surface area contributed by atoms with Crippen LogP contribution in [0, 0.1) is 0 Å². The third-order valence-electron chi connectivity index (χ3n) is 4.52. The van der Waals surface area contributed by atoms with Crippen LogP contribution in [0.1, 0.15) is 15.9 Å². The van der Waals surface area contributed by atoms with E-state index in [9.17, 15) is 4.79 Å². The SMILES string of the molecule is COc1cccc(CCNC(=O)c2cnc(N3CCN(C)CC3)nc2)c1. The smallest absolute Gasteiger partial charge is 0.254 e. The molecule has 0 aliphatic carbocycles. The average molecular weight is 355 g/mol. The number of piperazine rings is 1. The van der Waals surface area contributed by atoms with Gasteiger partial charge in [0.2, 0.25) is 5.95 Å². The zero-order valence-electron chi connectivity index (χ0n) is 15.3. The van der Waals surface area contributed by atoms with E-state index < -0.39 is 0 Å². The lowest BCUT2D eigenvalue weighted by atomic mass is 10.1. The van der Waals surface area contributed by atoms with E-state index in [4.69, 9.17) is 4.74 Å². The Labute approximate surface area is 154 Å². The number of carbonyl (C=O) groups excluding carboxylic acids is 1. The second kappa shape index (κ2) is 8.62. The predicted octanol–water partition coefficient (Wildman–Crippen LogP) is 1.21. The molecule has 1 aliphatic rings. The van der Waals surface area contributed by atoms with Crippen LogP contribution in [0.25, 0.3) is 0 Å². The summed E-state index contributed by atoms with van der Waals surface area (Å²) in [5, 5.41) is 2.91. The number of amides is 1. The summed E-state index contributed by atoms with van der Waals surface area (Å²) in [6.07, 6.45) is 3.94. The summed E-state index contributed by atoms with van der Waals surface area (Å²) in [6, 6.07) is 7.84. The van der Waals surface area contributed by atoms with Gasteiger partial charge in [0.05, 0.1) is 12.7 Å². The van der Waals surface area contributed by atoms with E-state index in [0.717, 1.165) is 43.9 Å². The maximum Gasteiger partial charge on any atom is 0.254 e. The topological polar surface area (TPSA) is 70.6 Å². The lowest BCUT2D eigenvalue weighted by Crippen LogP contribution is -2.45. The van der Waals surface area contributed by atoms with Gasteiger partial charge in [-0.2, -0.15) is 0 Å². The number of benzene rings is 1. The fourth-order valence-corrected chi connectivity index (χ4v) is 2.86. The van der Waals surface area contributed by atoms with Crippen molar-refractivity contribution >= 4 is 11.9 Å². The lowest BCUT2D eigenvalue weighted by Gasteiger charge is -2.32. The van der Waals surface area contributed by atoms with Crippen LogP contribution in [0.4, 0.5) is 5.95 Å². The zero-order valence-corrected chi connectivity index (χ0v) is 15.3. The molecule has 1 fully saturated rings. The molecule has 0 radical (unpaired) electrons. The minimum Gasteiger partial charge on any atom is -0.497 e. The van der Waals surface area contributed by atoms with E-state index >= 15 is 0 Å². The van der Waals surface area contributed by atoms with E-state index in [1.807, 2.05) is 24.3 Å². The second-order valence-corrected chi connectivity index (χ2v) is 6.42. The molecule has 26 heavy (non-hydrogen) atoms. The predicted molar refractivity (Wildman–Crippen MR) is 101 cm³/mol. The molecule has 0 bridgehead atoms. The highest BCUT2D eigenvalue weighted by Crippen LogP contribution is 2.13. The van der Waals surface area contributed by atoms with Gasteiger partial charge in [0.1, 0.15) is 5.75 Å². The van der Waals surface area contributed by atoms with Crippen LogP contribution in [-0.2, 0) is 6.42 Å². The first-order valence-electron chi connectivity index (χ1n) is 8.82. The minimum atomic E-state index is -0.155. The highest BCUT2D eigenvalue weighted by molar-refractivity contribution is 5.93. The number of rotatable bonds is 6. The van der Waals surface area contributed by atoms with Crippen LogP contribution in [0.3, 0.4) is 0 Å². The number of aromatic nitrogens is 2. The normalized spacial score (nSPS) is 14.9. The van der Waals surface area contributed by atoms with Crippen molar-refractivity contribution in [2.24, 2.45) is 0 Å². The van der Waals surface area contributed by atoms with Crippen LogP contribution in [0.5, 0.6) is 5.75 Å². The number of nitrogens with zero attached hydrogens (tertiary/aromatic N) is 4. The fourth-order valence-electron chi connectivity index (χ4n) is 2.86. The van der Waals surface area contributed by atoms with Gasteiger partial charge in [-0.05, 0) is 31.2 Å². The van der Waals surface area contributed by atoms with Gasteiger partial charge in [-0.3, -0.25) is 4.79 Å². The van der Waals surface area contributed by atoms with Crippen molar-refractivity contribution in [3.05, 3.63) is 47.8 Å². The lowest BCUT2D eigenvalue weighted by molar-refractivity contribution is 0.0953. The molecule has 1 amide bonds. The maximum atomic E-state index is 12.3. The fraction of sp³-hybridized carbons (Fsp3) is 0.421. The Morgan fingerprint density at radius 1 is 1.19 bits per heavy atom. The van der Waals surface area contributed by atoms with Gasteiger partial charge in [-0.15, -0.1) is 0 Å². The second-order valence-electron chi connectivity index (χ2n) is 6.42. The summed E-state index contributed by atoms with van der Waals surface area (Å²) in [4.78, 5) is 25.4. The molecule has 1 N–H and O–H groups in total. The molecule has 1 saturated heterocycles. The summed E-state index contributed by atoms with van der Waals surface area (Å²) in [6.45, 7) is 4.35. The molecule has 3 rings (SSSR count). The Hall–Kier alpha value is -2.67. The number of carbonyl (C=O) groups is 1. The number of anilines is 1. The largest absolute Gasteiger partial charge is 0.497 e. The molecule has 2 aromatic rings. The molecule has 1 aromatic carbocycles. The molecular weight excluding hydrogens is 330 g/mol. The van der Waals surface area contributed by atoms with Crippen molar-refractivity contribution in [1.29, 1.82) is 0 Å². The quantitative estimate of drug-likeness (QED) is 0.840. The summed E-state index contributed by atoms with van der Waals surface area (Å²) in [5.41, 5.74) is 1.60. The Balaban J connectivity index is 1.50. The van der Waals surface area contributed by atoms with Crippen molar-refractivity contribution < 1.29 is 9.53 Å². The van der Waals surface area contributed by atoms with E-state index in [-0.39, 0.29) is 5.91 Å². The summed E-state index contributed by atoms with van der Waals surface area (Å²) in [5.74, 6) is 1.35. The van der Waals surface area contributed by atoms with Crippen LogP contribution < -0.4 is 15.0 Å². The number of nitrogens with one attached hydrogen (secondary N) is 1. The average Bonchev–Trinajstić information content (AvgIpc) is 2.69. The maximum absolute atomic E-state index is 12.3. The van der Waals surface area contributed by atoms with E-state index in [2.05, 4.69) is 32.1 Å². The number of ether oxygens (including phenoxy) is 1. The van der Waals surface area contributed by atoms with Crippen molar-refractivity contribution in [2.45, 2.75) is 6.42 Å². The Morgan fingerprint density at radius 2 is 1.92 bits per heavy atom. The van der Waals surface area contributed by atoms with Crippen molar-refractivity contribution in [3.8, 4) is 5.75 Å². The van der Waals surface area contributed by atoms with Gasteiger partial charge in [-0.25, -0.2) is 9.97 Å². The minimum absolute atomic E-state index is 0.155. The molecule has 0 saturated carbocycles. The van der Waals surface area contributed by atoms with Gasteiger partial charge in [0.15, 0.2) is 0 Å². The zero-order chi connectivity index (χ0) is 18.4. The molecule has 0 unspecified atom stereocenters. The van der Waals surface area contributed by atoms with Crippen LogP contribution >= 0.6 is 0 Å². The number of methoxy groups -OCH3 is 1. The molecule has 0 atom stereocenters. The monoisotopic (exact) mass is 355 g/mol. The summed E-state index contributed by atoms with van der Waals surface area (Å²) < 4.78 is 5.21. The molecule has 7 heteroatoms. The van der Waals surface area contributed by atoms with Crippen molar-refractivity contribution in [1.82, 2.24) is 20.2 Å². The van der Waals surface area contributed by atoms with Gasteiger partial charge in [-0.1, -0.05) is 12.1 Å². The Bertz CT molecular complexity index is 727. The van der Waals surface area contributed by atoms with Gasteiger partial charge >= 0.3 is 0 Å². The van der Waals surface area contributed by atoms with Crippen molar-refractivity contribution in [2.75, 3.05) is 51.8 Å². The molecule has 7 nitrogen and oxygen atoms in total. The molecule has 1 aromatic heterocycles. The van der Waals surface area contributed by atoms with Gasteiger partial charge in [0.25, 0.3) is 5.91 Å². The van der Waals surface area contributed by atoms with Gasteiger partial charge in [0, 0.05) is 45.1 Å². The number of hydrogen-bond donors (Lipinski definition) is 1. The molecule has 138 valence electrons. The molecular formula is C19H25N5O2. The number of hydrogen-bond acceptors (Lipinski definition) is 6. The molecule has 2 heterocycles. The third-order valence-corrected chi connectivity index (χ3v) is 4.52. The summed E-state index contributed by atoms with van der Waals surface area (Å²) in [7, 11) is 3.75. The third kappa shape index (κ3) is 4.70. The first-order valence-corrected chi connectivity index (χ1v) is 8.82. The van der Waals surface area contributed by atoms with E-state index in [1.54, 1.807) is 19.5 Å². The van der Waals surface area contributed by atoms with E-state index in [0.29, 0.717) is 18.1 Å². The van der Waals surface area contributed by atoms with Gasteiger partial charge < -0.3 is 19.9 Å². The summed E-state index contributed by atoms with van der Waals surface area (Å²) >= 11 is 0. The van der Waals surface area contributed by atoms with Crippen LogP contribution in [-0.4, -0.2) is 67.7 Å². The van der Waals surface area contributed by atoms with Crippen LogP contribution in [0.15, 0.2) is 36.7 Å². The van der Waals surface area contributed by atoms with Crippen LogP contribution in [0.2, 0.25) is 0 Å². The standard InChI is InChI=1S/C19H25N5O2/c1-23-8-10-24(11-9-23)19-21-13-16(14-22-19)18(25)20-7-6-15-4-3-5-17(12-15)26-2/h3-5,12-14H,6-11H2,1-2H3,(H,20,25). The first kappa shape index (κ1) is 18.1. The van der Waals surface area contributed by atoms with E-state index in [1.165, 1.54) is 0 Å². The Morgan fingerprint density at radius 3 is 2.62 bits per heavy atom. The highest BCUT2D eigenvalue weighted by Gasteiger charge is 2.16. The molecule has 1 aliphatic heterocycles. The highest BCUT2D eigenvalue weighted by atomic mass is 16.5. The van der Waals surface area contributed by atoms with Crippen molar-refractivity contribution in [3.63, 3.8) is 0 Å². The first-order chi connectivity index (χ1) is 12.7. The number of likely N-dealkylation sites (N-methyl/N-ethyl adjacent to an activating group) is 1. The Kier molecular flexibility index (Phi) is 6.01. The molecule has 0 spiro atoms.